The summed E-state index contributed by atoms with van der Waals surface area (Å²) in [6, 6.07) is 15.1. The molecule has 4 rings (SSSR count). The molecule has 0 atom stereocenters. The van der Waals surface area contributed by atoms with Gasteiger partial charge in [-0.2, -0.15) is 0 Å². The van der Waals surface area contributed by atoms with Crippen LogP contribution in [0, 0.1) is 0 Å². The molecule has 32 heavy (non-hydrogen) atoms. The van der Waals surface area contributed by atoms with Crippen LogP contribution in [0.25, 0.3) is 29.7 Å². The van der Waals surface area contributed by atoms with Crippen molar-refractivity contribution in [1.29, 1.82) is 0 Å². The molecule has 0 bridgehead atoms. The van der Waals surface area contributed by atoms with Gasteiger partial charge in [0.15, 0.2) is 0 Å². The quantitative estimate of drug-likeness (QED) is 0.412. The molecule has 4 aromatic rings. The number of aromatic carboxylic acids is 1. The molecule has 162 valence electrons. The normalized spacial score (nSPS) is 12.2. The van der Waals surface area contributed by atoms with E-state index in [1.54, 1.807) is 24.3 Å². The average Bonchev–Trinajstić information content (AvgIpc) is 3.34. The molecule has 10 heteroatoms. The number of primary sulfonamides is 1. The number of sulfonamides is 1. The molecule has 2 aromatic carbocycles. The third-order valence-corrected chi connectivity index (χ3v) is 5.67. The first-order valence-electron chi connectivity index (χ1n) is 9.22. The number of carboxylic acid groups (broad SMARTS) is 1. The highest BCUT2D eigenvalue weighted by Crippen LogP contribution is 2.23. The zero-order valence-corrected chi connectivity index (χ0v) is 17.3. The number of H-pyrrole nitrogens is 1. The summed E-state index contributed by atoms with van der Waals surface area (Å²) in [7, 11) is -3.84. The monoisotopic (exact) mass is 451 g/mol. The fourth-order valence-corrected chi connectivity index (χ4v) is 3.66. The Kier molecular flexibility index (Phi) is 5.17. The molecule has 0 saturated heterocycles. The van der Waals surface area contributed by atoms with Gasteiger partial charge in [0.2, 0.25) is 10.0 Å². The first kappa shape index (κ1) is 21.1. The smallest absolute Gasteiger partial charge is 0.335 e. The molecule has 0 fully saturated rings. The summed E-state index contributed by atoms with van der Waals surface area (Å²) in [5.41, 5.74) is 0.703. The molecule has 2 heterocycles. The van der Waals surface area contributed by atoms with Gasteiger partial charge >= 0.3 is 5.97 Å². The number of furan rings is 1. The van der Waals surface area contributed by atoms with Gasteiger partial charge in [-0.05, 0) is 54.6 Å². The van der Waals surface area contributed by atoms with Crippen LogP contribution in [-0.4, -0.2) is 29.3 Å². The van der Waals surface area contributed by atoms with E-state index in [0.29, 0.717) is 28.1 Å². The van der Waals surface area contributed by atoms with E-state index in [2.05, 4.69) is 11.7 Å². The SMILES string of the molecule is C=c1[nH]n(-c2ccc(S(N)(=O)=O)cc2)c(=O)c1=Cc1ccc(-c2cccc(C(=O)O)c2)o1. The second kappa shape index (κ2) is 7.84. The predicted molar refractivity (Wildman–Crippen MR) is 117 cm³/mol. The van der Waals surface area contributed by atoms with Crippen molar-refractivity contribution >= 4 is 28.6 Å². The standard InChI is InChI=1S/C22H17N3O6S/c1-13-19(21(26)25(24-13)16-5-8-18(9-6-16)32(23,29)30)12-17-7-10-20(31-17)14-3-2-4-15(11-14)22(27)28/h2-12,24H,1H2,(H,27,28)(H2,23,29,30). The average molecular weight is 451 g/mol. The maximum Gasteiger partial charge on any atom is 0.335 e. The number of carboxylic acids is 1. The molecule has 4 N–H and O–H groups in total. The van der Waals surface area contributed by atoms with E-state index in [1.165, 1.54) is 47.2 Å². The lowest BCUT2D eigenvalue weighted by Crippen LogP contribution is -2.33. The number of nitrogens with one attached hydrogen (secondary N) is 1. The molecule has 0 aliphatic rings. The van der Waals surface area contributed by atoms with Crippen LogP contribution in [0.1, 0.15) is 16.1 Å². The molecule has 0 aliphatic heterocycles. The fourth-order valence-electron chi connectivity index (χ4n) is 3.14. The third-order valence-electron chi connectivity index (χ3n) is 4.74. The van der Waals surface area contributed by atoms with E-state index in [-0.39, 0.29) is 15.7 Å². The van der Waals surface area contributed by atoms with Gasteiger partial charge < -0.3 is 9.52 Å². The Balaban J connectivity index is 1.72. The summed E-state index contributed by atoms with van der Waals surface area (Å²) in [6.07, 6.45) is 1.51. The van der Waals surface area contributed by atoms with Gasteiger partial charge in [-0.3, -0.25) is 9.89 Å². The Morgan fingerprint density at radius 1 is 1.12 bits per heavy atom. The zero-order chi connectivity index (χ0) is 23.0. The van der Waals surface area contributed by atoms with Crippen LogP contribution in [-0.2, 0) is 10.0 Å². The zero-order valence-electron chi connectivity index (χ0n) is 16.5. The van der Waals surface area contributed by atoms with Crippen molar-refractivity contribution in [1.82, 2.24) is 9.78 Å². The topological polar surface area (TPSA) is 148 Å². The number of rotatable bonds is 5. The van der Waals surface area contributed by atoms with Gasteiger partial charge in [0.25, 0.3) is 5.56 Å². The molecular formula is C22H17N3O6S. The lowest BCUT2D eigenvalue weighted by atomic mass is 10.1. The molecule has 0 spiro atoms. The van der Waals surface area contributed by atoms with Crippen molar-refractivity contribution in [3.8, 4) is 17.0 Å². The fraction of sp³-hybridized carbons (Fsp3) is 0. The van der Waals surface area contributed by atoms with Crippen LogP contribution in [0.5, 0.6) is 0 Å². The Labute approximate surface area is 181 Å². The van der Waals surface area contributed by atoms with E-state index in [1.807, 2.05) is 0 Å². The van der Waals surface area contributed by atoms with Gasteiger partial charge in [0.05, 0.1) is 26.7 Å². The summed E-state index contributed by atoms with van der Waals surface area (Å²) in [5.74, 6) is -0.227. The maximum atomic E-state index is 12.9. The van der Waals surface area contributed by atoms with Crippen molar-refractivity contribution in [2.24, 2.45) is 5.14 Å². The Morgan fingerprint density at radius 2 is 1.84 bits per heavy atom. The predicted octanol–water partition coefficient (Wildman–Crippen LogP) is 1.01. The van der Waals surface area contributed by atoms with Crippen LogP contribution in [0.3, 0.4) is 0 Å². The molecule has 0 amide bonds. The molecule has 0 radical (unpaired) electrons. The lowest BCUT2D eigenvalue weighted by molar-refractivity contribution is 0.0697. The number of benzene rings is 2. The van der Waals surface area contributed by atoms with Gasteiger partial charge in [0, 0.05) is 5.56 Å². The summed E-state index contributed by atoms with van der Waals surface area (Å²) in [4.78, 5) is 24.0. The molecule has 0 saturated carbocycles. The summed E-state index contributed by atoms with van der Waals surface area (Å²) >= 11 is 0. The first-order chi connectivity index (χ1) is 15.1. The van der Waals surface area contributed by atoms with E-state index in [0.717, 1.165) is 0 Å². The number of hydrogen-bond acceptors (Lipinski definition) is 5. The third kappa shape index (κ3) is 4.04. The second-order valence-corrected chi connectivity index (χ2v) is 8.48. The highest BCUT2D eigenvalue weighted by atomic mass is 32.2. The molecule has 2 aromatic heterocycles. The van der Waals surface area contributed by atoms with Crippen LogP contribution in [0.2, 0.25) is 0 Å². The molecular weight excluding hydrogens is 434 g/mol. The lowest BCUT2D eigenvalue weighted by Gasteiger charge is -2.02. The number of hydrogen-bond donors (Lipinski definition) is 3. The van der Waals surface area contributed by atoms with Crippen molar-refractivity contribution < 1.29 is 22.7 Å². The van der Waals surface area contributed by atoms with E-state index < -0.39 is 21.6 Å². The molecule has 9 nitrogen and oxygen atoms in total. The highest BCUT2D eigenvalue weighted by molar-refractivity contribution is 7.89. The number of nitrogens with two attached hydrogens (primary N) is 1. The summed E-state index contributed by atoms with van der Waals surface area (Å²) < 4.78 is 29.8. The highest BCUT2D eigenvalue weighted by Gasteiger charge is 2.11. The van der Waals surface area contributed by atoms with Gasteiger partial charge in [0.1, 0.15) is 11.5 Å². The van der Waals surface area contributed by atoms with E-state index in [4.69, 9.17) is 14.7 Å². The van der Waals surface area contributed by atoms with Crippen molar-refractivity contribution in [2.75, 3.05) is 0 Å². The minimum Gasteiger partial charge on any atom is -0.478 e. The van der Waals surface area contributed by atoms with Crippen molar-refractivity contribution in [2.45, 2.75) is 4.90 Å². The minimum absolute atomic E-state index is 0.0717. The number of aromatic amines is 1. The van der Waals surface area contributed by atoms with Gasteiger partial charge in [-0.25, -0.2) is 23.0 Å². The second-order valence-electron chi connectivity index (χ2n) is 6.92. The summed E-state index contributed by atoms with van der Waals surface area (Å²) in [5, 5.41) is 17.7. The maximum absolute atomic E-state index is 12.9. The van der Waals surface area contributed by atoms with Crippen LogP contribution in [0.15, 0.2) is 74.8 Å². The van der Waals surface area contributed by atoms with Gasteiger partial charge in [-0.15, -0.1) is 0 Å². The Hall–Kier alpha value is -4.15. The van der Waals surface area contributed by atoms with E-state index in [9.17, 15) is 18.0 Å². The molecule has 0 aliphatic carbocycles. The van der Waals surface area contributed by atoms with E-state index >= 15 is 0 Å². The van der Waals surface area contributed by atoms with Crippen LogP contribution < -0.4 is 21.3 Å². The van der Waals surface area contributed by atoms with Crippen LogP contribution in [0.4, 0.5) is 0 Å². The van der Waals surface area contributed by atoms with Crippen LogP contribution >= 0.6 is 0 Å². The number of carbonyl (C=O) groups is 1. The summed E-state index contributed by atoms with van der Waals surface area (Å²) in [6.45, 7) is 3.85. The number of aromatic nitrogens is 2. The first-order valence-corrected chi connectivity index (χ1v) is 10.8. The minimum atomic E-state index is -3.84. The molecule has 0 unspecified atom stereocenters. The van der Waals surface area contributed by atoms with Crippen molar-refractivity contribution in [3.63, 3.8) is 0 Å². The largest absolute Gasteiger partial charge is 0.478 e. The van der Waals surface area contributed by atoms with Crippen molar-refractivity contribution in [3.05, 3.63) is 92.9 Å². The Bertz CT molecular complexity index is 1610. The Morgan fingerprint density at radius 3 is 2.50 bits per heavy atom. The van der Waals surface area contributed by atoms with Gasteiger partial charge in [-0.1, -0.05) is 18.7 Å². The number of nitrogens with zero attached hydrogens (tertiary/aromatic N) is 1.